The summed E-state index contributed by atoms with van der Waals surface area (Å²) in [5.74, 6) is 0. The Hall–Kier alpha value is -0.870. The molecule has 1 unspecified atom stereocenters. The highest BCUT2D eigenvalue weighted by Crippen LogP contribution is 2.30. The lowest BCUT2D eigenvalue weighted by Crippen LogP contribution is -2.51. The van der Waals surface area contributed by atoms with Crippen LogP contribution >= 0.6 is 0 Å². The van der Waals surface area contributed by atoms with Gasteiger partial charge in [0, 0.05) is 23.8 Å². The molecule has 104 valence electrons. The number of hydrogen-bond donors (Lipinski definition) is 1. The van der Waals surface area contributed by atoms with Crippen molar-refractivity contribution >= 4 is 0 Å². The van der Waals surface area contributed by atoms with Crippen LogP contribution in [-0.4, -0.2) is 40.4 Å². The van der Waals surface area contributed by atoms with Crippen LogP contribution < -0.4 is 5.32 Å². The fourth-order valence-electron chi connectivity index (χ4n) is 2.85. The first kappa shape index (κ1) is 15.2. The van der Waals surface area contributed by atoms with Crippen LogP contribution in [0.1, 0.15) is 46.2 Å². The Bertz CT molecular complexity index is 352. The van der Waals surface area contributed by atoms with Crippen molar-refractivity contribution in [3.05, 3.63) is 18.0 Å². The monoisotopic (exact) mass is 252 g/mol. The van der Waals surface area contributed by atoms with E-state index < -0.39 is 0 Å². The summed E-state index contributed by atoms with van der Waals surface area (Å²) in [4.78, 5) is 2.48. The summed E-state index contributed by atoms with van der Waals surface area (Å²) >= 11 is 0. The molecule has 0 aliphatic heterocycles. The van der Waals surface area contributed by atoms with Gasteiger partial charge < -0.3 is 5.32 Å². The maximum atomic E-state index is 4.39. The molecule has 1 atom stereocenters. The van der Waals surface area contributed by atoms with Crippen molar-refractivity contribution in [3.8, 4) is 0 Å². The topological polar surface area (TPSA) is 33.1 Å². The van der Waals surface area contributed by atoms with Crippen LogP contribution in [0, 0.1) is 0 Å². The molecule has 0 saturated carbocycles. The van der Waals surface area contributed by atoms with Gasteiger partial charge in [0.25, 0.3) is 0 Å². The van der Waals surface area contributed by atoms with Crippen molar-refractivity contribution in [2.75, 3.05) is 20.1 Å². The Balaban J connectivity index is 3.00. The number of nitrogens with one attached hydrogen (secondary N) is 1. The lowest BCUT2D eigenvalue weighted by molar-refractivity contribution is 0.0944. The van der Waals surface area contributed by atoms with E-state index in [4.69, 9.17) is 0 Å². The van der Waals surface area contributed by atoms with Gasteiger partial charge in [0.05, 0.1) is 12.2 Å². The van der Waals surface area contributed by atoms with Crippen molar-refractivity contribution in [2.24, 2.45) is 0 Å². The normalized spacial score (nSPS) is 14.2. The number of nitrogens with zero attached hydrogens (tertiary/aromatic N) is 3. The van der Waals surface area contributed by atoms with Gasteiger partial charge in [-0.1, -0.05) is 13.8 Å². The maximum absolute atomic E-state index is 4.39. The quantitative estimate of drug-likeness (QED) is 0.808. The predicted octanol–water partition coefficient (Wildman–Crippen LogP) is 2.28. The van der Waals surface area contributed by atoms with Crippen LogP contribution in [0.2, 0.25) is 0 Å². The summed E-state index contributed by atoms with van der Waals surface area (Å²) < 4.78 is 1.98. The molecule has 0 radical (unpaired) electrons. The Morgan fingerprint density at radius 1 is 1.33 bits per heavy atom. The van der Waals surface area contributed by atoms with Crippen molar-refractivity contribution in [1.29, 1.82) is 0 Å². The molecule has 0 aromatic carbocycles. The van der Waals surface area contributed by atoms with Crippen LogP contribution in [-0.2, 0) is 6.54 Å². The molecule has 0 spiro atoms. The number of aromatic nitrogens is 2. The molecule has 0 aliphatic rings. The van der Waals surface area contributed by atoms with E-state index in [0.717, 1.165) is 19.6 Å². The maximum Gasteiger partial charge on any atom is 0.0538 e. The molecule has 1 rings (SSSR count). The highest BCUT2D eigenvalue weighted by Gasteiger charge is 2.34. The molecule has 0 saturated heterocycles. The molecular weight excluding hydrogens is 224 g/mol. The third-order valence-electron chi connectivity index (χ3n) is 3.88. The summed E-state index contributed by atoms with van der Waals surface area (Å²) in [6.07, 6.45) is 4.13. The van der Waals surface area contributed by atoms with Crippen molar-refractivity contribution in [1.82, 2.24) is 20.0 Å². The molecule has 0 amide bonds. The van der Waals surface area contributed by atoms with Gasteiger partial charge in [-0.25, -0.2) is 0 Å². The Morgan fingerprint density at radius 2 is 1.94 bits per heavy atom. The zero-order valence-electron chi connectivity index (χ0n) is 12.7. The Kier molecular flexibility index (Phi) is 5.35. The molecule has 0 bridgehead atoms. The molecule has 4 nitrogen and oxygen atoms in total. The Morgan fingerprint density at radius 3 is 2.33 bits per heavy atom. The number of likely N-dealkylation sites (N-methyl/N-ethyl adjacent to an activating group) is 2. The number of hydrogen-bond acceptors (Lipinski definition) is 3. The average molecular weight is 252 g/mol. The summed E-state index contributed by atoms with van der Waals surface area (Å²) in [6.45, 7) is 14.2. The minimum Gasteiger partial charge on any atom is -0.311 e. The van der Waals surface area contributed by atoms with Gasteiger partial charge in [-0.15, -0.1) is 0 Å². The first-order chi connectivity index (χ1) is 8.51. The summed E-state index contributed by atoms with van der Waals surface area (Å²) in [7, 11) is 2.03. The standard InChI is InChI=1S/C14H28N4/c1-7-17(8-2)14(4,5)13(15-6)12-10-16-18(9-3)11-12/h10-11,13,15H,7-9H2,1-6H3. The van der Waals surface area contributed by atoms with Crippen molar-refractivity contribution in [3.63, 3.8) is 0 Å². The molecule has 1 heterocycles. The molecule has 0 fully saturated rings. The second kappa shape index (κ2) is 6.34. The smallest absolute Gasteiger partial charge is 0.0538 e. The van der Waals surface area contributed by atoms with Gasteiger partial charge in [0.2, 0.25) is 0 Å². The van der Waals surface area contributed by atoms with Crippen LogP contribution in [0.15, 0.2) is 12.4 Å². The summed E-state index contributed by atoms with van der Waals surface area (Å²) in [5, 5.41) is 7.84. The number of rotatable bonds is 7. The molecule has 1 aromatic rings. The summed E-state index contributed by atoms with van der Waals surface area (Å²) in [6, 6.07) is 0.290. The molecule has 18 heavy (non-hydrogen) atoms. The summed E-state index contributed by atoms with van der Waals surface area (Å²) in [5.41, 5.74) is 1.33. The van der Waals surface area contributed by atoms with Gasteiger partial charge in [-0.2, -0.15) is 5.10 Å². The van der Waals surface area contributed by atoms with Gasteiger partial charge in [0.1, 0.15) is 0 Å². The van der Waals surface area contributed by atoms with Gasteiger partial charge in [-0.3, -0.25) is 9.58 Å². The molecule has 4 heteroatoms. The van der Waals surface area contributed by atoms with E-state index in [9.17, 15) is 0 Å². The third kappa shape index (κ3) is 2.93. The van der Waals surface area contributed by atoms with Crippen LogP contribution in [0.5, 0.6) is 0 Å². The number of aryl methyl sites for hydroxylation is 1. The van der Waals surface area contributed by atoms with Crippen LogP contribution in [0.3, 0.4) is 0 Å². The largest absolute Gasteiger partial charge is 0.311 e. The Labute approximate surface area is 111 Å². The highest BCUT2D eigenvalue weighted by molar-refractivity contribution is 5.16. The van der Waals surface area contributed by atoms with E-state index in [-0.39, 0.29) is 11.6 Å². The minimum absolute atomic E-state index is 0.0693. The molecule has 0 aliphatic carbocycles. The van der Waals surface area contributed by atoms with Gasteiger partial charge in [-0.05, 0) is 40.9 Å². The van der Waals surface area contributed by atoms with Crippen molar-refractivity contribution < 1.29 is 0 Å². The molecule has 1 aromatic heterocycles. The minimum atomic E-state index is 0.0693. The van der Waals surface area contributed by atoms with Gasteiger partial charge >= 0.3 is 0 Å². The highest BCUT2D eigenvalue weighted by atomic mass is 15.3. The second-order valence-electron chi connectivity index (χ2n) is 5.18. The zero-order chi connectivity index (χ0) is 13.8. The predicted molar refractivity (Wildman–Crippen MR) is 76.7 cm³/mol. The third-order valence-corrected chi connectivity index (χ3v) is 3.88. The van der Waals surface area contributed by atoms with E-state index in [1.54, 1.807) is 0 Å². The zero-order valence-corrected chi connectivity index (χ0v) is 12.7. The van der Waals surface area contributed by atoms with Crippen LogP contribution in [0.4, 0.5) is 0 Å². The van der Waals surface area contributed by atoms with Crippen LogP contribution in [0.25, 0.3) is 0 Å². The average Bonchev–Trinajstić information content (AvgIpc) is 2.79. The lowest BCUT2D eigenvalue weighted by atomic mass is 9.88. The van der Waals surface area contributed by atoms with Gasteiger partial charge in [0.15, 0.2) is 0 Å². The van der Waals surface area contributed by atoms with E-state index in [2.05, 4.69) is 56.1 Å². The fraction of sp³-hybridized carbons (Fsp3) is 0.786. The molecule has 1 N–H and O–H groups in total. The first-order valence-corrected chi connectivity index (χ1v) is 6.95. The van der Waals surface area contributed by atoms with E-state index in [0.29, 0.717) is 0 Å². The second-order valence-corrected chi connectivity index (χ2v) is 5.18. The SMILES string of the molecule is CCN(CC)C(C)(C)C(NC)c1cnn(CC)c1. The first-order valence-electron chi connectivity index (χ1n) is 6.95. The molecular formula is C14H28N4. The van der Waals surface area contributed by atoms with E-state index in [1.807, 2.05) is 17.9 Å². The lowest BCUT2D eigenvalue weighted by Gasteiger charge is -2.43. The van der Waals surface area contributed by atoms with E-state index >= 15 is 0 Å². The fourth-order valence-corrected chi connectivity index (χ4v) is 2.85. The van der Waals surface area contributed by atoms with E-state index in [1.165, 1.54) is 5.56 Å². The van der Waals surface area contributed by atoms with Crippen molar-refractivity contribution in [2.45, 2.75) is 52.7 Å².